The molecule has 0 radical (unpaired) electrons. The summed E-state index contributed by atoms with van der Waals surface area (Å²) in [6, 6.07) is 10.9. The molecule has 4 nitrogen and oxygen atoms in total. The Morgan fingerprint density at radius 1 is 1.00 bits per heavy atom. The first-order valence-electron chi connectivity index (χ1n) is 10.1. The van der Waals surface area contributed by atoms with Crippen molar-refractivity contribution in [3.8, 4) is 5.75 Å². The van der Waals surface area contributed by atoms with Crippen LogP contribution in [0.1, 0.15) is 74.2 Å². The topological polar surface area (TPSA) is 51.2 Å². The molecule has 0 aliphatic heterocycles. The molecule has 2 rings (SSSR count). The third-order valence-electron chi connectivity index (χ3n) is 4.71. The number of hydrogen-bond donors (Lipinski definition) is 1. The molecule has 0 unspecified atom stereocenters. The largest absolute Gasteiger partial charge is 0.497 e. The molecule has 0 aliphatic rings. The van der Waals surface area contributed by atoms with Crippen molar-refractivity contribution >= 4 is 11.6 Å². The number of carbonyl (C=O) groups excluding carboxylic acids is 1. The Kier molecular flexibility index (Phi) is 9.39. The first-order valence-corrected chi connectivity index (χ1v) is 10.1. The van der Waals surface area contributed by atoms with Gasteiger partial charge in [-0.05, 0) is 30.7 Å². The number of ketones is 1. The minimum Gasteiger partial charge on any atom is -0.497 e. The average Bonchev–Trinajstić information content (AvgIpc) is 2.72. The Labute approximate surface area is 163 Å². The van der Waals surface area contributed by atoms with Crippen LogP contribution in [-0.2, 0) is 0 Å². The van der Waals surface area contributed by atoms with Crippen LogP contribution in [0.4, 0.5) is 5.82 Å². The molecule has 0 fully saturated rings. The number of unbranched alkanes of at least 4 members (excludes halogenated alkanes) is 7. The van der Waals surface area contributed by atoms with Crippen molar-refractivity contribution in [2.24, 2.45) is 0 Å². The molecule has 27 heavy (non-hydrogen) atoms. The van der Waals surface area contributed by atoms with Gasteiger partial charge in [0.25, 0.3) is 0 Å². The van der Waals surface area contributed by atoms with Gasteiger partial charge >= 0.3 is 0 Å². The minimum atomic E-state index is -0.0413. The molecule has 0 atom stereocenters. The van der Waals surface area contributed by atoms with Crippen LogP contribution in [-0.4, -0.2) is 24.4 Å². The number of hydrogen-bond acceptors (Lipinski definition) is 4. The van der Waals surface area contributed by atoms with Gasteiger partial charge < -0.3 is 10.1 Å². The van der Waals surface area contributed by atoms with Gasteiger partial charge in [-0.1, -0.05) is 64.0 Å². The first kappa shape index (κ1) is 20.9. The molecule has 1 aromatic carbocycles. The van der Waals surface area contributed by atoms with E-state index in [1.165, 1.54) is 44.9 Å². The van der Waals surface area contributed by atoms with Crippen molar-refractivity contribution in [1.82, 2.24) is 4.98 Å². The van der Waals surface area contributed by atoms with Crippen molar-refractivity contribution in [1.29, 1.82) is 0 Å². The zero-order valence-electron chi connectivity index (χ0n) is 16.7. The number of anilines is 1. The Balaban J connectivity index is 1.84. The molecule has 0 spiro atoms. The number of methoxy groups -OCH3 is 1. The Hall–Kier alpha value is -2.36. The second-order valence-electron chi connectivity index (χ2n) is 6.86. The molecule has 1 aromatic heterocycles. The van der Waals surface area contributed by atoms with Crippen LogP contribution in [0.25, 0.3) is 0 Å². The van der Waals surface area contributed by atoms with Crippen molar-refractivity contribution in [3.63, 3.8) is 0 Å². The lowest BCUT2D eigenvalue weighted by Crippen LogP contribution is -2.10. The molecule has 0 saturated heterocycles. The van der Waals surface area contributed by atoms with Gasteiger partial charge in [-0.15, -0.1) is 0 Å². The molecule has 4 heteroatoms. The predicted octanol–water partition coefficient (Wildman–Crippen LogP) is 5.87. The van der Waals surface area contributed by atoms with Crippen LogP contribution in [0.15, 0.2) is 42.6 Å². The normalized spacial score (nSPS) is 10.6. The lowest BCUT2D eigenvalue weighted by Gasteiger charge is -2.11. The van der Waals surface area contributed by atoms with Gasteiger partial charge in [0.05, 0.1) is 12.7 Å². The fourth-order valence-electron chi connectivity index (χ4n) is 3.11. The van der Waals surface area contributed by atoms with Crippen molar-refractivity contribution in [2.45, 2.75) is 58.3 Å². The van der Waals surface area contributed by atoms with Gasteiger partial charge in [0, 0.05) is 18.3 Å². The third kappa shape index (κ3) is 7.05. The summed E-state index contributed by atoms with van der Waals surface area (Å²) >= 11 is 0. The second-order valence-corrected chi connectivity index (χ2v) is 6.86. The van der Waals surface area contributed by atoms with Gasteiger partial charge in [0.1, 0.15) is 11.6 Å². The van der Waals surface area contributed by atoms with E-state index in [1.54, 1.807) is 31.5 Å². The fourth-order valence-corrected chi connectivity index (χ4v) is 3.11. The third-order valence-corrected chi connectivity index (χ3v) is 4.71. The molecule has 146 valence electrons. The number of aromatic nitrogens is 1. The van der Waals surface area contributed by atoms with E-state index in [0.29, 0.717) is 22.7 Å². The minimum absolute atomic E-state index is 0.0413. The van der Waals surface area contributed by atoms with Gasteiger partial charge in [-0.3, -0.25) is 4.79 Å². The van der Waals surface area contributed by atoms with Crippen LogP contribution in [0.2, 0.25) is 0 Å². The van der Waals surface area contributed by atoms with E-state index in [4.69, 9.17) is 4.74 Å². The van der Waals surface area contributed by atoms with E-state index in [0.717, 1.165) is 13.0 Å². The molecule has 0 aliphatic carbocycles. The van der Waals surface area contributed by atoms with E-state index < -0.39 is 0 Å². The molecule has 1 heterocycles. The first-order chi connectivity index (χ1) is 13.3. The van der Waals surface area contributed by atoms with Gasteiger partial charge in [0.2, 0.25) is 0 Å². The maximum absolute atomic E-state index is 12.9. The average molecular weight is 369 g/mol. The SMILES string of the molecule is CCCCCCCCCCNc1ncccc1C(=O)c1cccc(OC)c1. The highest BCUT2D eigenvalue weighted by atomic mass is 16.5. The quantitative estimate of drug-likeness (QED) is 0.355. The summed E-state index contributed by atoms with van der Waals surface area (Å²) < 4.78 is 5.22. The molecule has 2 aromatic rings. The number of pyridine rings is 1. The van der Waals surface area contributed by atoms with E-state index in [-0.39, 0.29) is 5.78 Å². The number of benzene rings is 1. The van der Waals surface area contributed by atoms with Gasteiger partial charge in [-0.25, -0.2) is 4.98 Å². The number of ether oxygens (including phenoxy) is 1. The number of rotatable bonds is 13. The summed E-state index contributed by atoms with van der Waals surface area (Å²) in [7, 11) is 1.60. The number of carbonyl (C=O) groups is 1. The zero-order valence-corrected chi connectivity index (χ0v) is 16.7. The summed E-state index contributed by atoms with van der Waals surface area (Å²) in [5.74, 6) is 1.30. The molecular weight excluding hydrogens is 336 g/mol. The van der Waals surface area contributed by atoms with E-state index in [2.05, 4.69) is 17.2 Å². The Bertz CT molecular complexity index is 700. The summed E-state index contributed by atoms with van der Waals surface area (Å²) in [6.45, 7) is 3.08. The molecule has 0 saturated carbocycles. The summed E-state index contributed by atoms with van der Waals surface area (Å²) in [6.07, 6.45) is 12.0. The van der Waals surface area contributed by atoms with Crippen LogP contribution >= 0.6 is 0 Å². The highest BCUT2D eigenvalue weighted by molar-refractivity contribution is 6.12. The number of nitrogens with one attached hydrogen (secondary N) is 1. The lowest BCUT2D eigenvalue weighted by atomic mass is 10.0. The highest BCUT2D eigenvalue weighted by Crippen LogP contribution is 2.20. The molecule has 0 amide bonds. The summed E-state index contributed by atoms with van der Waals surface area (Å²) in [5.41, 5.74) is 1.21. The molecule has 0 bridgehead atoms. The van der Waals surface area contributed by atoms with E-state index in [9.17, 15) is 4.79 Å². The van der Waals surface area contributed by atoms with Crippen molar-refractivity contribution in [2.75, 3.05) is 19.0 Å². The monoisotopic (exact) mass is 368 g/mol. The number of nitrogens with zero attached hydrogens (tertiary/aromatic N) is 1. The van der Waals surface area contributed by atoms with E-state index in [1.807, 2.05) is 18.2 Å². The Morgan fingerprint density at radius 3 is 2.48 bits per heavy atom. The summed E-state index contributed by atoms with van der Waals surface area (Å²) in [5, 5.41) is 3.34. The van der Waals surface area contributed by atoms with Crippen LogP contribution < -0.4 is 10.1 Å². The lowest BCUT2D eigenvalue weighted by molar-refractivity contribution is 0.103. The van der Waals surface area contributed by atoms with Gasteiger partial charge in [0.15, 0.2) is 5.78 Å². The van der Waals surface area contributed by atoms with Crippen LogP contribution in [0.5, 0.6) is 5.75 Å². The van der Waals surface area contributed by atoms with Crippen molar-refractivity contribution in [3.05, 3.63) is 53.7 Å². The van der Waals surface area contributed by atoms with Crippen LogP contribution in [0.3, 0.4) is 0 Å². The van der Waals surface area contributed by atoms with Gasteiger partial charge in [-0.2, -0.15) is 0 Å². The second kappa shape index (κ2) is 12.1. The smallest absolute Gasteiger partial charge is 0.196 e. The van der Waals surface area contributed by atoms with Crippen molar-refractivity contribution < 1.29 is 9.53 Å². The zero-order chi connectivity index (χ0) is 19.3. The summed E-state index contributed by atoms with van der Waals surface area (Å²) in [4.78, 5) is 17.2. The highest BCUT2D eigenvalue weighted by Gasteiger charge is 2.14. The molecular formula is C23H32N2O2. The van der Waals surface area contributed by atoms with Crippen LogP contribution in [0, 0.1) is 0 Å². The molecule has 1 N–H and O–H groups in total. The maximum atomic E-state index is 12.9. The fraction of sp³-hybridized carbons (Fsp3) is 0.478. The predicted molar refractivity (Wildman–Crippen MR) is 112 cm³/mol. The standard InChI is InChI=1S/C23H32N2O2/c1-3-4-5-6-7-8-9-10-16-24-23-21(15-12-17-25-23)22(26)19-13-11-14-20(18-19)27-2/h11-15,17-18H,3-10,16H2,1-2H3,(H,24,25). The Morgan fingerprint density at radius 2 is 1.74 bits per heavy atom. The van der Waals surface area contributed by atoms with E-state index >= 15 is 0 Å². The maximum Gasteiger partial charge on any atom is 0.196 e.